The van der Waals surface area contributed by atoms with Crippen molar-refractivity contribution in [3.63, 3.8) is 0 Å². The van der Waals surface area contributed by atoms with Gasteiger partial charge in [-0.15, -0.1) is 0 Å². The van der Waals surface area contributed by atoms with Gasteiger partial charge in [0.2, 0.25) is 5.91 Å². The second-order valence-electron chi connectivity index (χ2n) is 5.55. The number of carbonyl (C=O) groups excluding carboxylic acids is 1. The molecule has 1 aliphatic heterocycles. The fourth-order valence-corrected chi connectivity index (χ4v) is 2.68. The third-order valence-corrected chi connectivity index (χ3v) is 3.90. The van der Waals surface area contributed by atoms with Crippen molar-refractivity contribution in [2.24, 2.45) is 0 Å². The predicted octanol–water partition coefficient (Wildman–Crippen LogP) is 2.64. The Bertz CT molecular complexity index is 716. The molecule has 1 saturated heterocycles. The minimum absolute atomic E-state index is 0.227. The van der Waals surface area contributed by atoms with E-state index in [0.29, 0.717) is 19.6 Å². The van der Waals surface area contributed by atoms with Gasteiger partial charge in [0.15, 0.2) is 0 Å². The molecule has 1 aliphatic rings. The lowest BCUT2D eigenvalue weighted by Gasteiger charge is -2.17. The molecular weight excluding hydrogens is 308 g/mol. The van der Waals surface area contributed by atoms with Crippen molar-refractivity contribution in [3.05, 3.63) is 60.2 Å². The highest BCUT2D eigenvalue weighted by molar-refractivity contribution is 6.00. The average Bonchev–Trinajstić information content (AvgIpc) is 2.95. The first-order valence-electron chi connectivity index (χ1n) is 7.71. The Morgan fingerprint density at radius 1 is 1.17 bits per heavy atom. The van der Waals surface area contributed by atoms with E-state index in [2.05, 4.69) is 5.32 Å². The monoisotopic (exact) mass is 326 g/mol. The number of hydrogen-bond acceptors (Lipinski definition) is 3. The Labute approximate surface area is 139 Å². The van der Waals surface area contributed by atoms with E-state index >= 15 is 0 Å². The predicted molar refractivity (Wildman–Crippen MR) is 89.1 cm³/mol. The van der Waals surface area contributed by atoms with Crippen LogP contribution in [0.1, 0.15) is 12.0 Å². The van der Waals surface area contributed by atoms with Crippen LogP contribution >= 0.6 is 0 Å². The Balaban J connectivity index is 1.60. The summed E-state index contributed by atoms with van der Waals surface area (Å²) in [7, 11) is 0. The molecule has 2 N–H and O–H groups in total. The standard InChI is InChI=1S/C18H18N2O4/c21-17-16(19-18(22)23)10-11-20(17)14-6-8-15(9-7-14)24-12-13-4-2-1-3-5-13/h1-9,16,19H,10-12H2,(H,22,23). The molecule has 2 amide bonds. The van der Waals surface area contributed by atoms with Crippen LogP contribution in [0, 0.1) is 0 Å². The van der Waals surface area contributed by atoms with Crippen molar-refractivity contribution in [3.8, 4) is 5.75 Å². The van der Waals surface area contributed by atoms with Crippen molar-refractivity contribution in [1.82, 2.24) is 5.32 Å². The summed E-state index contributed by atoms with van der Waals surface area (Å²) in [6, 6.07) is 16.4. The molecule has 1 unspecified atom stereocenters. The molecule has 0 aliphatic carbocycles. The molecule has 1 fully saturated rings. The maximum Gasteiger partial charge on any atom is 0.405 e. The van der Waals surface area contributed by atoms with Crippen molar-refractivity contribution in [2.75, 3.05) is 11.4 Å². The third-order valence-electron chi connectivity index (χ3n) is 3.90. The van der Waals surface area contributed by atoms with Crippen LogP contribution < -0.4 is 15.0 Å². The van der Waals surface area contributed by atoms with E-state index in [1.54, 1.807) is 17.0 Å². The van der Waals surface area contributed by atoms with Crippen LogP contribution in [0.15, 0.2) is 54.6 Å². The number of hydrogen-bond donors (Lipinski definition) is 2. The molecule has 1 heterocycles. The zero-order valence-electron chi connectivity index (χ0n) is 13.0. The number of nitrogens with one attached hydrogen (secondary N) is 1. The van der Waals surface area contributed by atoms with Gasteiger partial charge < -0.3 is 20.1 Å². The van der Waals surface area contributed by atoms with Crippen LogP contribution in [0.4, 0.5) is 10.5 Å². The average molecular weight is 326 g/mol. The zero-order valence-corrected chi connectivity index (χ0v) is 13.0. The fraction of sp³-hybridized carbons (Fsp3) is 0.222. The first-order chi connectivity index (χ1) is 11.6. The van der Waals surface area contributed by atoms with E-state index in [9.17, 15) is 9.59 Å². The largest absolute Gasteiger partial charge is 0.489 e. The maximum absolute atomic E-state index is 12.2. The van der Waals surface area contributed by atoms with Gasteiger partial charge in [0.05, 0.1) is 0 Å². The first kappa shape index (κ1) is 15.9. The van der Waals surface area contributed by atoms with Gasteiger partial charge in [-0.05, 0) is 36.2 Å². The van der Waals surface area contributed by atoms with E-state index in [4.69, 9.17) is 9.84 Å². The lowest BCUT2D eigenvalue weighted by atomic mass is 10.2. The number of rotatable bonds is 5. The van der Waals surface area contributed by atoms with Gasteiger partial charge in [0.1, 0.15) is 18.4 Å². The molecule has 6 heteroatoms. The number of carbonyl (C=O) groups is 2. The van der Waals surface area contributed by atoms with E-state index in [0.717, 1.165) is 17.0 Å². The highest BCUT2D eigenvalue weighted by Gasteiger charge is 2.33. The second-order valence-corrected chi connectivity index (χ2v) is 5.55. The molecule has 2 aromatic carbocycles. The maximum atomic E-state index is 12.2. The molecule has 2 aromatic rings. The molecule has 0 radical (unpaired) electrons. The quantitative estimate of drug-likeness (QED) is 0.885. The van der Waals surface area contributed by atoms with Crippen molar-refractivity contribution in [1.29, 1.82) is 0 Å². The lowest BCUT2D eigenvalue weighted by Crippen LogP contribution is -2.40. The van der Waals surface area contributed by atoms with Crippen LogP contribution in [0.5, 0.6) is 5.75 Å². The van der Waals surface area contributed by atoms with Gasteiger partial charge >= 0.3 is 6.09 Å². The minimum Gasteiger partial charge on any atom is -0.489 e. The normalized spacial score (nSPS) is 16.9. The van der Waals surface area contributed by atoms with Gasteiger partial charge in [-0.3, -0.25) is 4.79 Å². The summed E-state index contributed by atoms with van der Waals surface area (Å²) in [5.74, 6) is 0.491. The molecule has 6 nitrogen and oxygen atoms in total. The Morgan fingerprint density at radius 2 is 1.88 bits per heavy atom. The Kier molecular flexibility index (Phi) is 4.65. The van der Waals surface area contributed by atoms with Crippen LogP contribution in [-0.2, 0) is 11.4 Å². The molecule has 124 valence electrons. The highest BCUT2D eigenvalue weighted by atomic mass is 16.5. The van der Waals surface area contributed by atoms with E-state index < -0.39 is 12.1 Å². The number of amides is 2. The molecule has 0 spiro atoms. The van der Waals surface area contributed by atoms with Crippen molar-refractivity contribution >= 4 is 17.7 Å². The fourth-order valence-electron chi connectivity index (χ4n) is 2.68. The van der Waals surface area contributed by atoms with Gasteiger partial charge in [-0.1, -0.05) is 30.3 Å². The third kappa shape index (κ3) is 3.65. The number of anilines is 1. The molecule has 3 rings (SSSR count). The lowest BCUT2D eigenvalue weighted by molar-refractivity contribution is -0.118. The molecular formula is C18H18N2O4. The molecule has 0 saturated carbocycles. The number of ether oxygens (including phenoxy) is 1. The molecule has 0 bridgehead atoms. The topological polar surface area (TPSA) is 78.9 Å². The van der Waals surface area contributed by atoms with Gasteiger partial charge in [0.25, 0.3) is 0 Å². The van der Waals surface area contributed by atoms with Gasteiger partial charge in [-0.2, -0.15) is 0 Å². The van der Waals surface area contributed by atoms with Crippen molar-refractivity contribution in [2.45, 2.75) is 19.1 Å². The summed E-state index contributed by atoms with van der Waals surface area (Å²) in [6.07, 6.45) is -0.711. The minimum atomic E-state index is -1.18. The highest BCUT2D eigenvalue weighted by Crippen LogP contribution is 2.24. The number of nitrogens with zero attached hydrogens (tertiary/aromatic N) is 1. The van der Waals surface area contributed by atoms with Crippen LogP contribution in [0.2, 0.25) is 0 Å². The number of carboxylic acid groups (broad SMARTS) is 1. The summed E-state index contributed by atoms with van der Waals surface area (Å²) in [4.78, 5) is 24.5. The first-order valence-corrected chi connectivity index (χ1v) is 7.71. The summed E-state index contributed by atoms with van der Waals surface area (Å²) >= 11 is 0. The Morgan fingerprint density at radius 3 is 2.54 bits per heavy atom. The van der Waals surface area contributed by atoms with Crippen LogP contribution in [-0.4, -0.2) is 29.7 Å². The van der Waals surface area contributed by atoms with Gasteiger partial charge in [0, 0.05) is 12.2 Å². The molecule has 1 atom stereocenters. The van der Waals surface area contributed by atoms with Crippen LogP contribution in [0.25, 0.3) is 0 Å². The summed E-state index contributed by atoms with van der Waals surface area (Å²) in [5, 5.41) is 11.0. The summed E-state index contributed by atoms with van der Waals surface area (Å²) in [5.41, 5.74) is 1.82. The molecule has 24 heavy (non-hydrogen) atoms. The Hall–Kier alpha value is -3.02. The van der Waals surface area contributed by atoms with Gasteiger partial charge in [-0.25, -0.2) is 4.79 Å². The smallest absolute Gasteiger partial charge is 0.405 e. The summed E-state index contributed by atoms with van der Waals surface area (Å²) in [6.45, 7) is 0.974. The zero-order chi connectivity index (χ0) is 16.9. The summed E-state index contributed by atoms with van der Waals surface area (Å²) < 4.78 is 5.72. The van der Waals surface area contributed by atoms with E-state index in [1.165, 1.54) is 0 Å². The number of benzene rings is 2. The van der Waals surface area contributed by atoms with Crippen LogP contribution in [0.3, 0.4) is 0 Å². The second kappa shape index (κ2) is 7.04. The van der Waals surface area contributed by atoms with Crippen molar-refractivity contribution < 1.29 is 19.4 Å². The molecule has 0 aromatic heterocycles. The van der Waals surface area contributed by atoms with E-state index in [1.807, 2.05) is 42.5 Å². The van der Waals surface area contributed by atoms with E-state index in [-0.39, 0.29) is 5.91 Å². The SMILES string of the molecule is O=C(O)NC1CCN(c2ccc(OCc3ccccc3)cc2)C1=O.